The first-order valence-corrected chi connectivity index (χ1v) is 35.7. The molecule has 0 unspecified atom stereocenters. The molecule has 0 bridgehead atoms. The average Bonchev–Trinajstić information content (AvgIpc) is 1.51. The third kappa shape index (κ3) is 8.33. The van der Waals surface area contributed by atoms with Gasteiger partial charge in [-0.1, -0.05) is 261 Å². The van der Waals surface area contributed by atoms with Gasteiger partial charge in [0.05, 0.1) is 45.0 Å². The first kappa shape index (κ1) is 56.1. The van der Waals surface area contributed by atoms with Crippen LogP contribution in [0, 0.1) is 0 Å². The number of benzene rings is 14. The Labute approximate surface area is 576 Å². The van der Waals surface area contributed by atoms with E-state index in [2.05, 4.69) is 362 Å². The smallest absolute Gasteiger partial charge is 0.0727 e. The molecule has 14 aromatic carbocycles. The largest absolute Gasteiger partial charge is 0.354 e. The van der Waals surface area contributed by atoms with Crippen molar-refractivity contribution in [3.8, 4) is 44.5 Å². The highest BCUT2D eigenvalue weighted by molar-refractivity contribution is 9.10. The van der Waals surface area contributed by atoms with Crippen LogP contribution in [-0.2, 0) is 10.8 Å². The molecule has 14 aromatic rings. The molecule has 4 aliphatic carbocycles. The Hall–Kier alpha value is -9.51. The highest BCUT2D eigenvalue weighted by Crippen LogP contribution is 2.67. The predicted molar refractivity (Wildman–Crippen MR) is 399 cm³/mol. The van der Waals surface area contributed by atoms with E-state index in [-0.39, 0.29) is 5.41 Å². The zero-order valence-electron chi connectivity index (χ0n) is 50.4. The molecule has 0 saturated heterocycles. The summed E-state index contributed by atoms with van der Waals surface area (Å²) in [5.41, 5.74) is 30.3. The zero-order valence-corrected chi connectivity index (χ0v) is 56.0. The lowest BCUT2D eigenvalue weighted by Crippen LogP contribution is -2.26. The summed E-state index contributed by atoms with van der Waals surface area (Å²) in [6.07, 6.45) is 0. The first-order valence-electron chi connectivity index (χ1n) is 31.7. The minimum absolute atomic E-state index is 0.259. The van der Waals surface area contributed by atoms with Crippen molar-refractivity contribution in [1.82, 2.24) is 0 Å². The van der Waals surface area contributed by atoms with Crippen LogP contribution >= 0.6 is 67.1 Å². The summed E-state index contributed by atoms with van der Waals surface area (Å²) in [5.74, 6) is 0. The van der Waals surface area contributed by atoms with Gasteiger partial charge >= 0.3 is 0 Å². The number of nitrogens with one attached hydrogen (secondary N) is 1. The highest BCUT2D eigenvalue weighted by atomic mass is 79.9. The number of halogens is 2. The molecule has 1 N–H and O–H groups in total. The molecule has 0 radical (unpaired) electrons. The van der Waals surface area contributed by atoms with Gasteiger partial charge in [0, 0.05) is 49.7 Å². The summed E-state index contributed by atoms with van der Waals surface area (Å²) < 4.78 is 2.24. The fourth-order valence-corrected chi connectivity index (χ4v) is 19.9. The van der Waals surface area contributed by atoms with E-state index in [1.165, 1.54) is 164 Å². The van der Waals surface area contributed by atoms with Crippen molar-refractivity contribution in [3.05, 3.63) is 369 Å². The van der Waals surface area contributed by atoms with Crippen LogP contribution in [0.15, 0.2) is 354 Å². The second kappa shape index (κ2) is 22.1. The van der Waals surface area contributed by atoms with Crippen molar-refractivity contribution in [2.24, 2.45) is 0 Å². The second-order valence-electron chi connectivity index (χ2n) is 24.5. The summed E-state index contributed by atoms with van der Waals surface area (Å²) in [5, 5.41) is 3.42. The monoisotopic (exact) mass is 1380 g/mol. The van der Waals surface area contributed by atoms with E-state index in [9.17, 15) is 0 Å². The van der Waals surface area contributed by atoms with E-state index in [0.717, 1.165) is 8.95 Å². The summed E-state index contributed by atoms with van der Waals surface area (Å²) in [6, 6.07) is 116. The highest BCUT2D eigenvalue weighted by Gasteiger charge is 2.54. The molecule has 8 heteroatoms. The lowest BCUT2D eigenvalue weighted by Gasteiger charge is -2.36. The molecule has 7 aliphatic rings. The molecule has 0 fully saturated rings. The summed E-state index contributed by atoms with van der Waals surface area (Å²) in [6.45, 7) is 0. The topological polar surface area (TPSA) is 18.5 Å². The second-order valence-corrected chi connectivity index (χ2v) is 29.6. The molecular weight excluding hydrogens is 1330 g/mol. The van der Waals surface area contributed by atoms with Gasteiger partial charge in [0.2, 0.25) is 0 Å². The Morgan fingerprint density at radius 3 is 0.840 bits per heavy atom. The van der Waals surface area contributed by atoms with E-state index >= 15 is 0 Å². The van der Waals surface area contributed by atoms with Crippen LogP contribution in [0.1, 0.15) is 44.5 Å². The van der Waals surface area contributed by atoms with Gasteiger partial charge in [-0.05, 0) is 210 Å². The van der Waals surface area contributed by atoms with E-state index in [1.54, 1.807) is 0 Å². The minimum Gasteiger partial charge on any atom is -0.354 e. The van der Waals surface area contributed by atoms with Gasteiger partial charge in [-0.3, -0.25) is 0 Å². The maximum Gasteiger partial charge on any atom is 0.0727 e. The average molecular weight is 1380 g/mol. The number of anilines is 8. The Morgan fingerprint density at radius 1 is 0.234 bits per heavy atom. The fourth-order valence-electron chi connectivity index (χ4n) is 16.0. The fraction of sp³-hybridized carbons (Fsp3) is 0.0233. The van der Waals surface area contributed by atoms with Crippen LogP contribution in [0.5, 0.6) is 0 Å². The van der Waals surface area contributed by atoms with Gasteiger partial charge in [0.1, 0.15) is 0 Å². The van der Waals surface area contributed by atoms with Crippen LogP contribution in [0.4, 0.5) is 45.5 Å². The molecule has 94 heavy (non-hydrogen) atoms. The van der Waals surface area contributed by atoms with Crippen molar-refractivity contribution in [2.45, 2.75) is 40.2 Å². The van der Waals surface area contributed by atoms with E-state index in [1.807, 2.05) is 35.3 Å². The third-order valence-electron chi connectivity index (χ3n) is 19.7. The third-order valence-corrected chi connectivity index (χ3v) is 24.1. The van der Waals surface area contributed by atoms with Gasteiger partial charge in [-0.15, -0.1) is 0 Å². The molecule has 21 rings (SSSR count). The maximum atomic E-state index is 3.73. The molecule has 3 nitrogen and oxygen atoms in total. The molecule has 0 amide bonds. The van der Waals surface area contributed by atoms with Crippen molar-refractivity contribution in [2.75, 3.05) is 15.1 Å². The lowest BCUT2D eigenvalue weighted by atomic mass is 9.70. The van der Waals surface area contributed by atoms with Crippen LogP contribution in [0.2, 0.25) is 0 Å². The van der Waals surface area contributed by atoms with Crippen LogP contribution in [0.25, 0.3) is 44.5 Å². The molecule has 0 atom stereocenters. The van der Waals surface area contributed by atoms with Crippen molar-refractivity contribution in [3.63, 3.8) is 0 Å². The van der Waals surface area contributed by atoms with Crippen LogP contribution in [-0.4, -0.2) is 0 Å². The molecule has 3 aliphatic heterocycles. The Morgan fingerprint density at radius 2 is 0.489 bits per heavy atom. The van der Waals surface area contributed by atoms with Gasteiger partial charge in [0.15, 0.2) is 0 Å². The van der Waals surface area contributed by atoms with E-state index < -0.39 is 5.41 Å². The Balaban J connectivity index is 0.000000125. The predicted octanol–water partition coefficient (Wildman–Crippen LogP) is 25.3. The SMILES string of the molecule is Brc1ccc2c(c1)C1(c3ccccc3-c3ccccc31)c1cc(Br)ccc1-2.c1ccc2c(c1)Nc1ccccc1S2.c1ccc2c(c1)Sc1ccccc1N2c1ccc2c(c1)C1(c3ccccc3-c3ccccc31)c1cc(N3c4ccccc4Sc4ccccc43)ccc1-2. The number of fused-ring (bicyclic) bond motifs is 26. The first-order chi connectivity index (χ1) is 46.4. The van der Waals surface area contributed by atoms with E-state index in [0.29, 0.717) is 0 Å². The van der Waals surface area contributed by atoms with Crippen molar-refractivity contribution >= 4 is 113 Å². The molecular formula is C86H53Br2N3S3. The van der Waals surface area contributed by atoms with Gasteiger partial charge in [-0.25, -0.2) is 0 Å². The zero-order chi connectivity index (χ0) is 62.2. The minimum atomic E-state index is -0.489. The molecule has 444 valence electrons. The molecule has 2 spiro atoms. The van der Waals surface area contributed by atoms with Crippen molar-refractivity contribution in [1.29, 1.82) is 0 Å². The van der Waals surface area contributed by atoms with Crippen LogP contribution < -0.4 is 15.1 Å². The number of para-hydroxylation sites is 6. The normalized spacial score (nSPS) is 14.4. The van der Waals surface area contributed by atoms with Gasteiger partial charge < -0.3 is 15.1 Å². The summed E-state index contributed by atoms with van der Waals surface area (Å²) in [7, 11) is 0. The summed E-state index contributed by atoms with van der Waals surface area (Å²) in [4.78, 5) is 12.6. The van der Waals surface area contributed by atoms with Crippen molar-refractivity contribution < 1.29 is 0 Å². The lowest BCUT2D eigenvalue weighted by molar-refractivity contribution is 0.792. The molecule has 0 saturated carbocycles. The number of nitrogens with zero attached hydrogens (tertiary/aromatic N) is 2. The quantitative estimate of drug-likeness (QED) is 0.185. The number of hydrogen-bond donors (Lipinski definition) is 1. The van der Waals surface area contributed by atoms with Crippen LogP contribution in [0.3, 0.4) is 0 Å². The van der Waals surface area contributed by atoms with Gasteiger partial charge in [0.25, 0.3) is 0 Å². The molecule has 0 aromatic heterocycles. The van der Waals surface area contributed by atoms with Gasteiger partial charge in [-0.2, -0.15) is 0 Å². The molecule has 3 heterocycles. The number of hydrogen-bond acceptors (Lipinski definition) is 6. The summed E-state index contributed by atoms with van der Waals surface area (Å²) >= 11 is 13.0. The Bertz CT molecular complexity index is 5030. The standard InChI is InChI=1S/C49H30N2S2.C25H14Br2.C12H9NS/c1-3-15-37-33(13-1)34-14-2-4-16-38(34)49(37)39-29-31(50-41-17-5-9-21-45(41)52-46-22-10-6-18-42(46)50)25-27-35(39)36-28-26-32(30-40(36)49)51-43-19-7-11-23-47(43)53-48-24-12-8-20-44(48)51;26-15-9-11-19-20-12-10-16(27)14-24(20)25(23(19)13-15)21-7-3-1-5-17(21)18-6-2-4-8-22(18)25;1-3-7-11-9(5-1)13-10-6-2-4-8-12(10)14-11/h1-30H;1-14H;1-8,13H. The maximum absolute atomic E-state index is 3.73. The Kier molecular flexibility index (Phi) is 13.2. The number of rotatable bonds is 2. The van der Waals surface area contributed by atoms with E-state index in [4.69, 9.17) is 0 Å².